The lowest BCUT2D eigenvalue weighted by molar-refractivity contribution is -0.136. The monoisotopic (exact) mass is 385 g/mol. The van der Waals surface area contributed by atoms with Crippen LogP contribution in [0.2, 0.25) is 0 Å². The van der Waals surface area contributed by atoms with Gasteiger partial charge in [0, 0.05) is 12.2 Å². The molecule has 0 spiro atoms. The maximum absolute atomic E-state index is 12.7. The van der Waals surface area contributed by atoms with Crippen molar-refractivity contribution in [3.8, 4) is 5.69 Å². The fraction of sp³-hybridized carbons (Fsp3) is 0.368. The highest BCUT2D eigenvalue weighted by Gasteiger charge is 2.34. The number of hydrogen-bond donors (Lipinski definition) is 2. The van der Waals surface area contributed by atoms with Crippen molar-refractivity contribution < 1.29 is 19.4 Å². The van der Waals surface area contributed by atoms with Crippen molar-refractivity contribution in [3.05, 3.63) is 46.9 Å². The average Bonchev–Trinajstić information content (AvgIpc) is 3.29. The molecule has 1 aromatic carbocycles. The van der Waals surface area contributed by atoms with Crippen LogP contribution in [0.1, 0.15) is 18.2 Å². The fourth-order valence-corrected chi connectivity index (χ4v) is 3.01. The first-order valence-electron chi connectivity index (χ1n) is 8.99. The number of aromatic nitrogens is 3. The first kappa shape index (κ1) is 19.6. The highest BCUT2D eigenvalue weighted by atomic mass is 16.5. The molecule has 148 valence electrons. The van der Waals surface area contributed by atoms with Crippen LogP contribution in [-0.4, -0.2) is 63.7 Å². The number of nitrogens with one attached hydrogen (secondary N) is 1. The zero-order valence-electron chi connectivity index (χ0n) is 16.1. The number of hydrogen-bond acceptors (Lipinski definition) is 7. The topological polar surface area (TPSA) is 110 Å². The normalized spacial score (nSPS) is 14.0. The van der Waals surface area contributed by atoms with Gasteiger partial charge in [-0.15, -0.1) is 5.10 Å². The molecule has 0 bridgehead atoms. The highest BCUT2D eigenvalue weighted by molar-refractivity contribution is 6.08. The SMILES string of the molecule is CCc1cn(-c2cc(NC3=C(C(=O)OC)CN(CCO)C3=O)ccc2C)nn1. The van der Waals surface area contributed by atoms with Crippen LogP contribution in [0.5, 0.6) is 0 Å². The number of aliphatic hydroxyl groups excluding tert-OH is 1. The van der Waals surface area contributed by atoms with Gasteiger partial charge in [-0.3, -0.25) is 4.79 Å². The third-order valence-electron chi connectivity index (χ3n) is 4.58. The Bertz CT molecular complexity index is 934. The van der Waals surface area contributed by atoms with Gasteiger partial charge in [-0.1, -0.05) is 18.2 Å². The fourth-order valence-electron chi connectivity index (χ4n) is 3.01. The van der Waals surface area contributed by atoms with E-state index in [0.717, 1.165) is 23.4 Å². The number of aryl methyl sites for hydroxylation is 2. The average molecular weight is 385 g/mol. The molecule has 1 amide bonds. The summed E-state index contributed by atoms with van der Waals surface area (Å²) in [5.41, 5.74) is 3.69. The summed E-state index contributed by atoms with van der Waals surface area (Å²) >= 11 is 0. The Morgan fingerprint density at radius 2 is 2.18 bits per heavy atom. The van der Waals surface area contributed by atoms with Crippen molar-refractivity contribution in [1.29, 1.82) is 0 Å². The van der Waals surface area contributed by atoms with Crippen molar-refractivity contribution in [2.75, 3.05) is 32.1 Å². The molecule has 0 saturated carbocycles. The molecule has 0 atom stereocenters. The predicted octanol–water partition coefficient (Wildman–Crippen LogP) is 0.812. The number of benzene rings is 1. The Balaban J connectivity index is 1.94. The van der Waals surface area contributed by atoms with E-state index in [0.29, 0.717) is 5.69 Å². The molecule has 1 aliphatic heterocycles. The zero-order valence-corrected chi connectivity index (χ0v) is 16.1. The van der Waals surface area contributed by atoms with Gasteiger partial charge >= 0.3 is 5.97 Å². The second-order valence-electron chi connectivity index (χ2n) is 6.43. The maximum atomic E-state index is 12.7. The van der Waals surface area contributed by atoms with Gasteiger partial charge in [0.2, 0.25) is 0 Å². The van der Waals surface area contributed by atoms with Gasteiger partial charge in [-0.2, -0.15) is 0 Å². The minimum atomic E-state index is -0.576. The molecule has 0 radical (unpaired) electrons. The van der Waals surface area contributed by atoms with E-state index in [1.165, 1.54) is 12.0 Å². The Morgan fingerprint density at radius 3 is 2.82 bits per heavy atom. The Morgan fingerprint density at radius 1 is 1.39 bits per heavy atom. The van der Waals surface area contributed by atoms with Gasteiger partial charge in [0.25, 0.3) is 5.91 Å². The van der Waals surface area contributed by atoms with E-state index in [-0.39, 0.29) is 36.9 Å². The van der Waals surface area contributed by atoms with E-state index in [1.54, 1.807) is 4.68 Å². The molecule has 2 aromatic rings. The first-order chi connectivity index (χ1) is 13.5. The van der Waals surface area contributed by atoms with Crippen LogP contribution >= 0.6 is 0 Å². The van der Waals surface area contributed by atoms with Gasteiger partial charge < -0.3 is 20.1 Å². The predicted molar refractivity (Wildman–Crippen MR) is 102 cm³/mol. The summed E-state index contributed by atoms with van der Waals surface area (Å²) in [6.45, 7) is 4.01. The molecule has 9 nitrogen and oxygen atoms in total. The minimum absolute atomic E-state index is 0.0933. The molecule has 9 heteroatoms. The summed E-state index contributed by atoms with van der Waals surface area (Å²) in [7, 11) is 1.27. The number of amides is 1. The number of ether oxygens (including phenoxy) is 1. The molecule has 0 unspecified atom stereocenters. The Hall–Kier alpha value is -3.20. The zero-order chi connectivity index (χ0) is 20.3. The van der Waals surface area contributed by atoms with Gasteiger partial charge in [0.1, 0.15) is 5.70 Å². The summed E-state index contributed by atoms with van der Waals surface area (Å²) in [6, 6.07) is 5.56. The van der Waals surface area contributed by atoms with E-state index in [2.05, 4.69) is 15.6 Å². The smallest absolute Gasteiger partial charge is 0.337 e. The number of anilines is 1. The standard InChI is InChI=1S/C19H23N5O4/c1-4-13-10-24(22-21-13)16-9-14(6-5-12(16)2)20-17-15(19(27)28-3)11-23(7-8-25)18(17)26/h5-6,9-10,20,25H,4,7-8,11H2,1-3H3. The van der Waals surface area contributed by atoms with Crippen LogP contribution in [0.25, 0.3) is 5.69 Å². The van der Waals surface area contributed by atoms with Crippen LogP contribution in [0, 0.1) is 6.92 Å². The summed E-state index contributed by atoms with van der Waals surface area (Å²) in [5, 5.41) is 20.5. The minimum Gasteiger partial charge on any atom is -0.466 e. The number of carbonyl (C=O) groups is 2. The summed E-state index contributed by atoms with van der Waals surface area (Å²) in [4.78, 5) is 26.2. The van der Waals surface area contributed by atoms with Gasteiger partial charge in [0.05, 0.1) is 43.4 Å². The lowest BCUT2D eigenvalue weighted by atomic mass is 10.1. The molecule has 0 fully saturated rings. The van der Waals surface area contributed by atoms with Crippen molar-refractivity contribution in [1.82, 2.24) is 19.9 Å². The van der Waals surface area contributed by atoms with Crippen molar-refractivity contribution in [2.45, 2.75) is 20.3 Å². The van der Waals surface area contributed by atoms with Crippen molar-refractivity contribution >= 4 is 17.6 Å². The number of rotatable bonds is 7. The molecule has 2 N–H and O–H groups in total. The number of aliphatic hydroxyl groups is 1. The summed E-state index contributed by atoms with van der Waals surface area (Å²) in [5.74, 6) is -0.932. The van der Waals surface area contributed by atoms with Crippen LogP contribution in [0.4, 0.5) is 5.69 Å². The number of carbonyl (C=O) groups excluding carboxylic acids is 2. The summed E-state index contributed by atoms with van der Waals surface area (Å²) < 4.78 is 6.49. The van der Waals surface area contributed by atoms with Crippen molar-refractivity contribution in [2.24, 2.45) is 0 Å². The second kappa shape index (κ2) is 8.22. The van der Waals surface area contributed by atoms with E-state index >= 15 is 0 Å². The number of esters is 1. The van der Waals surface area contributed by atoms with E-state index < -0.39 is 5.97 Å². The molecular weight excluding hydrogens is 362 g/mol. The largest absolute Gasteiger partial charge is 0.466 e. The van der Waals surface area contributed by atoms with E-state index in [9.17, 15) is 9.59 Å². The molecule has 28 heavy (non-hydrogen) atoms. The van der Waals surface area contributed by atoms with Crippen LogP contribution in [0.3, 0.4) is 0 Å². The third-order valence-corrected chi connectivity index (χ3v) is 4.58. The van der Waals surface area contributed by atoms with Crippen molar-refractivity contribution in [3.63, 3.8) is 0 Å². The quantitative estimate of drug-likeness (QED) is 0.679. The summed E-state index contributed by atoms with van der Waals surface area (Å²) in [6.07, 6.45) is 2.64. The highest BCUT2D eigenvalue weighted by Crippen LogP contribution is 2.25. The van der Waals surface area contributed by atoms with Gasteiger partial charge in [-0.05, 0) is 31.0 Å². The molecule has 2 heterocycles. The molecule has 1 aliphatic rings. The third kappa shape index (κ3) is 3.74. The Labute approximate surface area is 162 Å². The van der Waals surface area contributed by atoms with Crippen LogP contribution in [-0.2, 0) is 20.7 Å². The molecule has 0 aliphatic carbocycles. The second-order valence-corrected chi connectivity index (χ2v) is 6.43. The first-order valence-corrected chi connectivity index (χ1v) is 8.99. The van der Waals surface area contributed by atoms with Crippen LogP contribution < -0.4 is 5.32 Å². The van der Waals surface area contributed by atoms with E-state index in [1.807, 2.05) is 38.2 Å². The van der Waals surface area contributed by atoms with Gasteiger partial charge in [-0.25, -0.2) is 9.48 Å². The molecule has 3 rings (SSSR count). The molecule has 1 aromatic heterocycles. The molecule has 0 saturated heterocycles. The molecular formula is C19H23N5O4. The van der Waals surface area contributed by atoms with E-state index in [4.69, 9.17) is 9.84 Å². The number of nitrogens with zero attached hydrogens (tertiary/aromatic N) is 4. The lowest BCUT2D eigenvalue weighted by Crippen LogP contribution is -2.31. The maximum Gasteiger partial charge on any atom is 0.337 e. The van der Waals surface area contributed by atoms with Crippen LogP contribution in [0.15, 0.2) is 35.7 Å². The lowest BCUT2D eigenvalue weighted by Gasteiger charge is -2.15. The number of β-amino-alcohol motifs (C(OH)–C–C–N with tert-alkyl or cyclic N) is 1. The number of methoxy groups -OCH3 is 1. The van der Waals surface area contributed by atoms with Gasteiger partial charge in [0.15, 0.2) is 0 Å². The Kier molecular flexibility index (Phi) is 5.74.